The fourth-order valence-electron chi connectivity index (χ4n) is 1.89. The number of hydrogen-bond acceptors (Lipinski definition) is 4. The lowest BCUT2D eigenvalue weighted by Gasteiger charge is -2.14. The zero-order valence-electron chi connectivity index (χ0n) is 11.0. The zero-order chi connectivity index (χ0) is 14.5. The summed E-state index contributed by atoms with van der Waals surface area (Å²) in [5, 5.41) is 18.4. The van der Waals surface area contributed by atoms with Crippen LogP contribution in [0.15, 0.2) is 41.1 Å². The van der Waals surface area contributed by atoms with Gasteiger partial charge in [0.2, 0.25) is 0 Å². The number of nitro groups is 1. The molecule has 0 saturated heterocycles. The first-order valence-corrected chi connectivity index (χ1v) is 6.99. The maximum atomic E-state index is 11.0. The van der Waals surface area contributed by atoms with Crippen molar-refractivity contribution in [2.75, 3.05) is 0 Å². The van der Waals surface area contributed by atoms with Gasteiger partial charge in [-0.05, 0) is 25.1 Å². The van der Waals surface area contributed by atoms with Crippen molar-refractivity contribution in [3.8, 4) is 0 Å². The molecule has 1 unspecified atom stereocenters. The minimum Gasteiger partial charge on any atom is -0.308 e. The molecule has 1 N–H and O–H groups in total. The Morgan fingerprint density at radius 3 is 3.00 bits per heavy atom. The van der Waals surface area contributed by atoms with Crippen LogP contribution in [-0.2, 0) is 13.1 Å². The van der Waals surface area contributed by atoms with Crippen molar-refractivity contribution in [3.63, 3.8) is 0 Å². The van der Waals surface area contributed by atoms with Gasteiger partial charge in [-0.25, -0.2) is 0 Å². The van der Waals surface area contributed by atoms with E-state index in [9.17, 15) is 10.1 Å². The van der Waals surface area contributed by atoms with Crippen LogP contribution in [0, 0.1) is 10.1 Å². The first-order chi connectivity index (χ1) is 9.56. The molecule has 0 aliphatic carbocycles. The van der Waals surface area contributed by atoms with Gasteiger partial charge in [-0.2, -0.15) is 5.10 Å². The van der Waals surface area contributed by atoms with Gasteiger partial charge in [-0.15, -0.1) is 0 Å². The summed E-state index contributed by atoms with van der Waals surface area (Å²) < 4.78 is 2.53. The highest BCUT2D eigenvalue weighted by molar-refractivity contribution is 9.10. The average Bonchev–Trinajstić information content (AvgIpc) is 2.90. The van der Waals surface area contributed by atoms with Crippen LogP contribution >= 0.6 is 15.9 Å². The van der Waals surface area contributed by atoms with E-state index in [2.05, 4.69) is 26.3 Å². The average molecular weight is 339 g/mol. The lowest BCUT2D eigenvalue weighted by Crippen LogP contribution is -2.30. The standard InChI is InChI=1S/C13H15BrN4O2/c1-10(9-17-6-2-5-16-17)15-8-11-3-4-12(14)7-13(11)18(19)20/h2-7,10,15H,8-9H2,1H3. The predicted octanol–water partition coefficient (Wildman–Crippen LogP) is 2.73. The second kappa shape index (κ2) is 6.62. The molecular weight excluding hydrogens is 324 g/mol. The summed E-state index contributed by atoms with van der Waals surface area (Å²) in [5.74, 6) is 0. The lowest BCUT2D eigenvalue weighted by atomic mass is 10.1. The van der Waals surface area contributed by atoms with Crippen molar-refractivity contribution in [2.45, 2.75) is 26.1 Å². The van der Waals surface area contributed by atoms with Gasteiger partial charge >= 0.3 is 0 Å². The summed E-state index contributed by atoms with van der Waals surface area (Å²) >= 11 is 3.25. The molecule has 0 saturated carbocycles. The van der Waals surface area contributed by atoms with Gasteiger partial charge in [0, 0.05) is 41.1 Å². The fourth-order valence-corrected chi connectivity index (χ4v) is 2.24. The summed E-state index contributed by atoms with van der Waals surface area (Å²) in [6.45, 7) is 3.19. The highest BCUT2D eigenvalue weighted by atomic mass is 79.9. The summed E-state index contributed by atoms with van der Waals surface area (Å²) in [5.41, 5.74) is 0.795. The highest BCUT2D eigenvalue weighted by Crippen LogP contribution is 2.23. The van der Waals surface area contributed by atoms with Gasteiger partial charge in [0.25, 0.3) is 5.69 Å². The summed E-state index contributed by atoms with van der Waals surface area (Å²) in [7, 11) is 0. The largest absolute Gasteiger partial charge is 0.308 e. The zero-order valence-corrected chi connectivity index (χ0v) is 12.6. The Morgan fingerprint density at radius 1 is 1.55 bits per heavy atom. The molecule has 20 heavy (non-hydrogen) atoms. The molecule has 0 fully saturated rings. The van der Waals surface area contributed by atoms with Crippen molar-refractivity contribution in [3.05, 3.63) is 56.8 Å². The second-order valence-electron chi connectivity index (χ2n) is 4.54. The van der Waals surface area contributed by atoms with E-state index in [1.807, 2.05) is 29.9 Å². The Morgan fingerprint density at radius 2 is 2.35 bits per heavy atom. The minimum atomic E-state index is -0.361. The molecule has 0 amide bonds. The van der Waals surface area contributed by atoms with Crippen LogP contribution in [-0.4, -0.2) is 20.7 Å². The van der Waals surface area contributed by atoms with Gasteiger partial charge in [-0.3, -0.25) is 14.8 Å². The van der Waals surface area contributed by atoms with Gasteiger partial charge < -0.3 is 5.32 Å². The molecule has 0 spiro atoms. The summed E-state index contributed by atoms with van der Waals surface area (Å²) in [6, 6.07) is 7.12. The first-order valence-electron chi connectivity index (χ1n) is 6.20. The van der Waals surface area contributed by atoms with Crippen LogP contribution in [0.2, 0.25) is 0 Å². The number of nitrogens with zero attached hydrogens (tertiary/aromatic N) is 3. The highest BCUT2D eigenvalue weighted by Gasteiger charge is 2.14. The Kier molecular flexibility index (Phi) is 4.86. The van der Waals surface area contributed by atoms with E-state index in [-0.39, 0.29) is 16.7 Å². The Balaban J connectivity index is 1.98. The van der Waals surface area contributed by atoms with Gasteiger partial charge in [0.1, 0.15) is 0 Å². The Labute approximate surface area is 125 Å². The normalized spacial score (nSPS) is 12.3. The Hall–Kier alpha value is -1.73. The monoisotopic (exact) mass is 338 g/mol. The molecule has 2 rings (SSSR count). The number of nitro benzene ring substituents is 1. The molecule has 0 aliphatic heterocycles. The molecule has 1 aromatic heterocycles. The number of nitrogens with one attached hydrogen (secondary N) is 1. The number of aromatic nitrogens is 2. The van der Waals surface area contributed by atoms with Gasteiger partial charge in [0.15, 0.2) is 0 Å². The van der Waals surface area contributed by atoms with Crippen molar-refractivity contribution in [2.24, 2.45) is 0 Å². The molecule has 1 aromatic carbocycles. The molecule has 2 aromatic rings. The van der Waals surface area contributed by atoms with Crippen LogP contribution in [0.1, 0.15) is 12.5 Å². The van der Waals surface area contributed by atoms with E-state index in [0.717, 1.165) is 6.54 Å². The van der Waals surface area contributed by atoms with Crippen LogP contribution in [0.5, 0.6) is 0 Å². The van der Waals surface area contributed by atoms with Crippen molar-refractivity contribution >= 4 is 21.6 Å². The van der Waals surface area contributed by atoms with Crippen molar-refractivity contribution in [1.29, 1.82) is 0 Å². The van der Waals surface area contributed by atoms with Crippen molar-refractivity contribution < 1.29 is 4.92 Å². The third kappa shape index (κ3) is 3.88. The molecule has 7 heteroatoms. The van der Waals surface area contributed by atoms with E-state index in [1.165, 1.54) is 6.07 Å². The van der Waals surface area contributed by atoms with Crippen LogP contribution in [0.4, 0.5) is 5.69 Å². The quantitative estimate of drug-likeness (QED) is 0.649. The van der Waals surface area contributed by atoms with Crippen LogP contribution in [0.3, 0.4) is 0 Å². The molecular formula is C13H15BrN4O2. The molecule has 1 atom stereocenters. The summed E-state index contributed by atoms with van der Waals surface area (Å²) in [4.78, 5) is 10.7. The van der Waals surface area contributed by atoms with Gasteiger partial charge in [-0.1, -0.05) is 15.9 Å². The third-order valence-corrected chi connectivity index (χ3v) is 3.40. The minimum absolute atomic E-state index is 0.123. The molecule has 6 nitrogen and oxygen atoms in total. The molecule has 0 aliphatic rings. The lowest BCUT2D eigenvalue weighted by molar-refractivity contribution is -0.385. The van der Waals surface area contributed by atoms with E-state index >= 15 is 0 Å². The first kappa shape index (κ1) is 14.7. The second-order valence-corrected chi connectivity index (χ2v) is 5.46. The maximum Gasteiger partial charge on any atom is 0.275 e. The third-order valence-electron chi connectivity index (χ3n) is 2.91. The topological polar surface area (TPSA) is 73.0 Å². The molecule has 0 bridgehead atoms. The molecule has 106 valence electrons. The molecule has 1 heterocycles. The fraction of sp³-hybridized carbons (Fsp3) is 0.308. The Bertz CT molecular complexity index is 586. The van der Waals surface area contributed by atoms with Crippen LogP contribution in [0.25, 0.3) is 0 Å². The number of rotatable bonds is 6. The SMILES string of the molecule is CC(Cn1cccn1)NCc1ccc(Br)cc1[N+](=O)[O-]. The number of halogens is 1. The van der Waals surface area contributed by atoms with Gasteiger partial charge in [0.05, 0.1) is 11.5 Å². The smallest absolute Gasteiger partial charge is 0.275 e. The van der Waals surface area contributed by atoms with E-state index in [1.54, 1.807) is 12.3 Å². The summed E-state index contributed by atoms with van der Waals surface area (Å²) in [6.07, 6.45) is 3.62. The van der Waals surface area contributed by atoms with E-state index in [0.29, 0.717) is 16.6 Å². The van der Waals surface area contributed by atoms with Crippen molar-refractivity contribution in [1.82, 2.24) is 15.1 Å². The number of hydrogen-bond donors (Lipinski definition) is 1. The van der Waals surface area contributed by atoms with Crippen LogP contribution < -0.4 is 5.32 Å². The maximum absolute atomic E-state index is 11.0. The predicted molar refractivity (Wildman–Crippen MR) is 79.3 cm³/mol. The molecule has 0 radical (unpaired) electrons. The van der Waals surface area contributed by atoms with E-state index in [4.69, 9.17) is 0 Å². The number of benzene rings is 1. The van der Waals surface area contributed by atoms with E-state index < -0.39 is 0 Å².